The number of hydrogen-bond acceptors (Lipinski definition) is 5. The fourth-order valence-corrected chi connectivity index (χ4v) is 2.06. The highest BCUT2D eigenvalue weighted by molar-refractivity contribution is 5.74. The second-order valence-corrected chi connectivity index (χ2v) is 4.58. The van der Waals surface area contributed by atoms with Crippen molar-refractivity contribution in [3.63, 3.8) is 0 Å². The Bertz CT molecular complexity index is 704. The predicted octanol–water partition coefficient (Wildman–Crippen LogP) is 3.24. The van der Waals surface area contributed by atoms with E-state index in [1.165, 1.54) is 12.1 Å². The van der Waals surface area contributed by atoms with Crippen LogP contribution in [0.3, 0.4) is 0 Å². The van der Waals surface area contributed by atoms with Gasteiger partial charge in [0.2, 0.25) is 5.95 Å². The summed E-state index contributed by atoms with van der Waals surface area (Å²) in [5.41, 5.74) is 1.27. The van der Waals surface area contributed by atoms with Crippen LogP contribution >= 0.6 is 0 Å². The minimum Gasteiger partial charge on any atom is -0.354 e. The normalized spacial score (nSPS) is 10.5. The molecule has 0 aliphatic heterocycles. The molecule has 6 nitrogen and oxygen atoms in total. The van der Waals surface area contributed by atoms with E-state index in [1.807, 2.05) is 6.92 Å². The standard InChI is InChI=1S/C14H15FN4O2/c1-4-16-14-17-9(3)13(19(20)21)12(18-14)11-7-10(15)6-5-8(11)2/h5-7H,4H2,1-3H3,(H,16,17,18). The molecule has 2 aromatic rings. The van der Waals surface area contributed by atoms with Crippen molar-refractivity contribution >= 4 is 11.6 Å². The number of anilines is 1. The maximum absolute atomic E-state index is 13.5. The van der Waals surface area contributed by atoms with Crippen LogP contribution in [0.5, 0.6) is 0 Å². The van der Waals surface area contributed by atoms with Crippen LogP contribution in [0.15, 0.2) is 18.2 Å². The number of nitrogens with zero attached hydrogens (tertiary/aromatic N) is 3. The molecule has 1 aromatic heterocycles. The number of rotatable bonds is 4. The first-order chi connectivity index (χ1) is 9.93. The van der Waals surface area contributed by atoms with Crippen LogP contribution in [-0.4, -0.2) is 21.4 Å². The zero-order chi connectivity index (χ0) is 15.6. The number of nitrogens with one attached hydrogen (secondary N) is 1. The minimum absolute atomic E-state index is 0.125. The first kappa shape index (κ1) is 14.8. The first-order valence-electron chi connectivity index (χ1n) is 6.47. The Labute approximate surface area is 121 Å². The average Bonchev–Trinajstić information content (AvgIpc) is 2.40. The molecule has 0 saturated carbocycles. The number of halogens is 1. The van der Waals surface area contributed by atoms with Crippen LogP contribution in [-0.2, 0) is 0 Å². The van der Waals surface area contributed by atoms with Gasteiger partial charge in [-0.1, -0.05) is 6.07 Å². The molecular formula is C14H15FN4O2. The van der Waals surface area contributed by atoms with E-state index in [-0.39, 0.29) is 17.1 Å². The highest BCUT2D eigenvalue weighted by atomic mass is 19.1. The summed E-state index contributed by atoms with van der Waals surface area (Å²) in [6.07, 6.45) is 0. The monoisotopic (exact) mass is 290 g/mol. The van der Waals surface area contributed by atoms with Crippen molar-refractivity contribution in [3.8, 4) is 11.3 Å². The lowest BCUT2D eigenvalue weighted by Crippen LogP contribution is -2.08. The number of aryl methyl sites for hydroxylation is 2. The van der Waals surface area contributed by atoms with Crippen LogP contribution in [0.1, 0.15) is 18.2 Å². The van der Waals surface area contributed by atoms with E-state index in [9.17, 15) is 14.5 Å². The molecule has 0 aliphatic carbocycles. The molecule has 1 aromatic carbocycles. The molecular weight excluding hydrogens is 275 g/mol. The number of hydrogen-bond donors (Lipinski definition) is 1. The quantitative estimate of drug-likeness (QED) is 0.690. The molecule has 1 heterocycles. The molecule has 0 aliphatic rings. The maximum Gasteiger partial charge on any atom is 0.316 e. The molecule has 1 N–H and O–H groups in total. The average molecular weight is 290 g/mol. The third-order valence-corrected chi connectivity index (χ3v) is 3.03. The lowest BCUT2D eigenvalue weighted by Gasteiger charge is -2.10. The number of nitro groups is 1. The third-order valence-electron chi connectivity index (χ3n) is 3.03. The first-order valence-corrected chi connectivity index (χ1v) is 6.47. The number of aromatic nitrogens is 2. The summed E-state index contributed by atoms with van der Waals surface area (Å²) in [4.78, 5) is 19.0. The molecule has 0 saturated heterocycles. The van der Waals surface area contributed by atoms with Crippen molar-refractivity contribution in [2.75, 3.05) is 11.9 Å². The molecule has 110 valence electrons. The summed E-state index contributed by atoms with van der Waals surface area (Å²) < 4.78 is 13.5. The largest absolute Gasteiger partial charge is 0.354 e. The van der Waals surface area contributed by atoms with Crippen molar-refractivity contribution in [1.82, 2.24) is 9.97 Å². The molecule has 0 unspecified atom stereocenters. The van der Waals surface area contributed by atoms with E-state index < -0.39 is 10.7 Å². The van der Waals surface area contributed by atoms with Gasteiger partial charge in [0.1, 0.15) is 11.5 Å². The van der Waals surface area contributed by atoms with E-state index in [2.05, 4.69) is 15.3 Å². The number of benzene rings is 1. The molecule has 0 amide bonds. The van der Waals surface area contributed by atoms with Gasteiger partial charge in [0.05, 0.1) is 4.92 Å². The fourth-order valence-electron chi connectivity index (χ4n) is 2.06. The van der Waals surface area contributed by atoms with Gasteiger partial charge in [-0.3, -0.25) is 10.1 Å². The molecule has 7 heteroatoms. The summed E-state index contributed by atoms with van der Waals surface area (Å²) in [5, 5.41) is 14.2. The zero-order valence-electron chi connectivity index (χ0n) is 12.0. The van der Waals surface area contributed by atoms with Gasteiger partial charge in [0.15, 0.2) is 5.69 Å². The molecule has 0 spiro atoms. The summed E-state index contributed by atoms with van der Waals surface area (Å²) in [7, 11) is 0. The van der Waals surface area contributed by atoms with Gasteiger partial charge in [0.25, 0.3) is 0 Å². The second-order valence-electron chi connectivity index (χ2n) is 4.58. The highest BCUT2D eigenvalue weighted by Gasteiger charge is 2.24. The molecule has 0 atom stereocenters. The molecule has 2 rings (SSSR count). The molecule has 21 heavy (non-hydrogen) atoms. The van der Waals surface area contributed by atoms with Gasteiger partial charge < -0.3 is 5.32 Å². The lowest BCUT2D eigenvalue weighted by molar-refractivity contribution is -0.385. The third kappa shape index (κ3) is 2.96. The maximum atomic E-state index is 13.5. The molecule has 0 bridgehead atoms. The van der Waals surface area contributed by atoms with E-state index in [4.69, 9.17) is 0 Å². The molecule has 0 fully saturated rings. The smallest absolute Gasteiger partial charge is 0.316 e. The van der Waals surface area contributed by atoms with Crippen molar-refractivity contribution in [3.05, 3.63) is 45.4 Å². The highest BCUT2D eigenvalue weighted by Crippen LogP contribution is 2.33. The minimum atomic E-state index is -0.537. The predicted molar refractivity (Wildman–Crippen MR) is 77.7 cm³/mol. The van der Waals surface area contributed by atoms with Gasteiger partial charge in [0, 0.05) is 12.1 Å². The van der Waals surface area contributed by atoms with E-state index in [1.54, 1.807) is 19.9 Å². The van der Waals surface area contributed by atoms with Crippen molar-refractivity contribution in [2.24, 2.45) is 0 Å². The van der Waals surface area contributed by atoms with E-state index in [0.717, 1.165) is 0 Å². The van der Waals surface area contributed by atoms with Crippen molar-refractivity contribution in [1.29, 1.82) is 0 Å². The Balaban J connectivity index is 2.75. The summed E-state index contributed by atoms with van der Waals surface area (Å²) in [6, 6.07) is 4.13. The Kier molecular flexibility index (Phi) is 4.11. The van der Waals surface area contributed by atoms with Crippen molar-refractivity contribution in [2.45, 2.75) is 20.8 Å². The Hall–Kier alpha value is -2.57. The van der Waals surface area contributed by atoms with Gasteiger partial charge in [-0.25, -0.2) is 14.4 Å². The summed E-state index contributed by atoms with van der Waals surface area (Å²) in [5.74, 6) is -0.176. The van der Waals surface area contributed by atoms with Gasteiger partial charge in [-0.15, -0.1) is 0 Å². The van der Waals surface area contributed by atoms with Crippen LogP contribution in [0, 0.1) is 29.8 Å². The Morgan fingerprint density at radius 2 is 2.05 bits per heavy atom. The van der Waals surface area contributed by atoms with Crippen molar-refractivity contribution < 1.29 is 9.31 Å². The summed E-state index contributed by atoms with van der Waals surface area (Å²) >= 11 is 0. The van der Waals surface area contributed by atoms with Crippen LogP contribution in [0.2, 0.25) is 0 Å². The van der Waals surface area contributed by atoms with Gasteiger partial charge in [-0.2, -0.15) is 0 Å². The topological polar surface area (TPSA) is 81.0 Å². The second kappa shape index (κ2) is 5.82. The van der Waals surface area contributed by atoms with Crippen LogP contribution in [0.25, 0.3) is 11.3 Å². The van der Waals surface area contributed by atoms with Gasteiger partial charge in [-0.05, 0) is 38.5 Å². The lowest BCUT2D eigenvalue weighted by atomic mass is 10.0. The Morgan fingerprint density at radius 1 is 1.33 bits per heavy atom. The Morgan fingerprint density at radius 3 is 2.67 bits per heavy atom. The van der Waals surface area contributed by atoms with Crippen LogP contribution in [0.4, 0.5) is 16.0 Å². The van der Waals surface area contributed by atoms with Crippen LogP contribution < -0.4 is 5.32 Å². The SMILES string of the molecule is CCNc1nc(C)c([N+](=O)[O-])c(-c2cc(F)ccc2C)n1. The zero-order valence-corrected chi connectivity index (χ0v) is 12.0. The van der Waals surface area contributed by atoms with E-state index in [0.29, 0.717) is 23.6 Å². The van der Waals surface area contributed by atoms with Gasteiger partial charge >= 0.3 is 5.69 Å². The summed E-state index contributed by atoms with van der Waals surface area (Å²) in [6.45, 7) is 5.74. The molecule has 0 radical (unpaired) electrons. The fraction of sp³-hybridized carbons (Fsp3) is 0.286. The van der Waals surface area contributed by atoms with E-state index >= 15 is 0 Å².